The average Bonchev–Trinajstić information content (AvgIpc) is 3.17. The molecule has 1 N–H and O–H groups in total. The predicted octanol–water partition coefficient (Wildman–Crippen LogP) is 2.51. The minimum atomic E-state index is -0.528. The van der Waals surface area contributed by atoms with E-state index < -0.39 is 11.6 Å². The van der Waals surface area contributed by atoms with Crippen LogP contribution in [0, 0.1) is 17.6 Å². The van der Waals surface area contributed by atoms with Crippen LogP contribution in [0.15, 0.2) is 18.2 Å². The highest BCUT2D eigenvalue weighted by Crippen LogP contribution is 2.34. The van der Waals surface area contributed by atoms with Gasteiger partial charge in [-0.15, -0.1) is 11.3 Å². The maximum Gasteiger partial charge on any atom is 0.223 e. The van der Waals surface area contributed by atoms with Crippen LogP contribution in [0.4, 0.5) is 13.9 Å². The highest BCUT2D eigenvalue weighted by Gasteiger charge is 2.29. The molecule has 2 aliphatic rings. The number of nitrogens with zero attached hydrogens (tertiary/aromatic N) is 3. The second-order valence-electron chi connectivity index (χ2n) is 7.75. The molecule has 2 amide bonds. The maximum absolute atomic E-state index is 13.8. The van der Waals surface area contributed by atoms with E-state index in [0.29, 0.717) is 25.9 Å². The zero-order valence-corrected chi connectivity index (χ0v) is 17.6. The summed E-state index contributed by atoms with van der Waals surface area (Å²) in [5.41, 5.74) is 1.19. The number of piperazine rings is 1. The Hall–Kier alpha value is -2.55. The predicted molar refractivity (Wildman–Crippen MR) is 110 cm³/mol. The van der Waals surface area contributed by atoms with E-state index in [-0.39, 0.29) is 29.8 Å². The molecular formula is C21H24F2N4O2S. The van der Waals surface area contributed by atoms with Gasteiger partial charge in [0.05, 0.1) is 5.69 Å². The van der Waals surface area contributed by atoms with Gasteiger partial charge in [-0.25, -0.2) is 13.8 Å². The molecule has 4 rings (SSSR count). The fourth-order valence-electron chi connectivity index (χ4n) is 3.94. The zero-order valence-electron chi connectivity index (χ0n) is 16.8. The van der Waals surface area contributed by atoms with Crippen LogP contribution in [0.2, 0.25) is 0 Å². The SMILES string of the molecule is CC(=O)N1CCN(c2nc3c(s2)C[C@H](C(=O)NCc2cc(F)ccc2F)CC3)CC1. The first kappa shape index (κ1) is 20.7. The molecule has 0 spiro atoms. The molecule has 160 valence electrons. The topological polar surface area (TPSA) is 65.5 Å². The van der Waals surface area contributed by atoms with Crippen LogP contribution in [0.5, 0.6) is 0 Å². The summed E-state index contributed by atoms with van der Waals surface area (Å²) in [6.45, 7) is 4.47. The molecule has 0 saturated carbocycles. The number of hydrogen-bond acceptors (Lipinski definition) is 5. The number of fused-ring (bicyclic) bond motifs is 1. The third-order valence-corrected chi connectivity index (χ3v) is 6.94. The molecule has 30 heavy (non-hydrogen) atoms. The number of aryl methyl sites for hydroxylation is 1. The standard InChI is InChI=1S/C21H24F2N4O2S/c1-13(28)26-6-8-27(9-7-26)21-25-18-5-2-14(11-19(18)30-21)20(29)24-12-15-10-16(22)3-4-17(15)23/h3-4,10,14H,2,5-9,11-12H2,1H3,(H,24,29)/t14-/m1/s1. The Morgan fingerprint density at radius 2 is 2.00 bits per heavy atom. The van der Waals surface area contributed by atoms with Crippen LogP contribution in [-0.4, -0.2) is 47.9 Å². The summed E-state index contributed by atoms with van der Waals surface area (Å²) >= 11 is 1.61. The van der Waals surface area contributed by atoms with Gasteiger partial charge in [0.2, 0.25) is 11.8 Å². The van der Waals surface area contributed by atoms with E-state index in [1.54, 1.807) is 18.3 Å². The molecule has 0 unspecified atom stereocenters. The Morgan fingerprint density at radius 3 is 2.73 bits per heavy atom. The molecule has 1 aromatic carbocycles. The molecule has 9 heteroatoms. The minimum absolute atomic E-state index is 0.0276. The van der Waals surface area contributed by atoms with Crippen molar-refractivity contribution in [1.29, 1.82) is 0 Å². The number of anilines is 1. The number of carbonyl (C=O) groups is 2. The lowest BCUT2D eigenvalue weighted by molar-refractivity contribution is -0.129. The van der Waals surface area contributed by atoms with Gasteiger partial charge in [0.15, 0.2) is 5.13 Å². The van der Waals surface area contributed by atoms with Crippen molar-refractivity contribution < 1.29 is 18.4 Å². The second-order valence-corrected chi connectivity index (χ2v) is 8.81. The second kappa shape index (κ2) is 8.67. The molecule has 1 aliphatic heterocycles. The van der Waals surface area contributed by atoms with Crippen molar-refractivity contribution >= 4 is 28.3 Å². The first-order valence-corrected chi connectivity index (χ1v) is 10.9. The summed E-state index contributed by atoms with van der Waals surface area (Å²) in [5, 5.41) is 3.69. The molecular weight excluding hydrogens is 410 g/mol. The Labute approximate surface area is 177 Å². The molecule has 0 radical (unpaired) electrons. The van der Waals surface area contributed by atoms with E-state index in [1.807, 2.05) is 4.90 Å². The quantitative estimate of drug-likeness (QED) is 0.803. The lowest BCUT2D eigenvalue weighted by Crippen LogP contribution is -2.48. The minimum Gasteiger partial charge on any atom is -0.352 e. The molecule has 2 aromatic rings. The smallest absolute Gasteiger partial charge is 0.223 e. The normalized spacial score (nSPS) is 18.8. The molecule has 1 aromatic heterocycles. The number of hydrogen-bond donors (Lipinski definition) is 1. The van der Waals surface area contributed by atoms with Crippen molar-refractivity contribution in [2.24, 2.45) is 5.92 Å². The van der Waals surface area contributed by atoms with Gasteiger partial charge in [-0.3, -0.25) is 9.59 Å². The third kappa shape index (κ3) is 4.45. The number of aromatic nitrogens is 1. The van der Waals surface area contributed by atoms with E-state index in [9.17, 15) is 18.4 Å². The lowest BCUT2D eigenvalue weighted by atomic mass is 9.90. The Kier molecular flexibility index (Phi) is 5.99. The number of amides is 2. The van der Waals surface area contributed by atoms with Gasteiger partial charge in [0, 0.05) is 56.0 Å². The number of benzene rings is 1. The van der Waals surface area contributed by atoms with Crippen LogP contribution in [-0.2, 0) is 29.0 Å². The van der Waals surface area contributed by atoms with E-state index in [0.717, 1.165) is 53.4 Å². The first-order chi connectivity index (χ1) is 14.4. The lowest BCUT2D eigenvalue weighted by Gasteiger charge is -2.33. The van der Waals surface area contributed by atoms with Gasteiger partial charge in [-0.05, 0) is 37.5 Å². The third-order valence-electron chi connectivity index (χ3n) is 5.76. The molecule has 1 aliphatic carbocycles. The Morgan fingerprint density at radius 1 is 1.23 bits per heavy atom. The number of carbonyl (C=O) groups excluding carboxylic acids is 2. The van der Waals surface area contributed by atoms with Crippen LogP contribution < -0.4 is 10.2 Å². The first-order valence-electron chi connectivity index (χ1n) is 10.1. The van der Waals surface area contributed by atoms with Crippen molar-refractivity contribution in [3.05, 3.63) is 46.0 Å². The van der Waals surface area contributed by atoms with Crippen molar-refractivity contribution in [1.82, 2.24) is 15.2 Å². The fraction of sp³-hybridized carbons (Fsp3) is 0.476. The maximum atomic E-state index is 13.8. The van der Waals surface area contributed by atoms with Crippen molar-refractivity contribution in [2.45, 2.75) is 32.7 Å². The number of rotatable bonds is 4. The van der Waals surface area contributed by atoms with E-state index in [2.05, 4.69) is 10.2 Å². The van der Waals surface area contributed by atoms with E-state index in [1.165, 1.54) is 0 Å². The van der Waals surface area contributed by atoms with Gasteiger partial charge < -0.3 is 15.1 Å². The highest BCUT2D eigenvalue weighted by molar-refractivity contribution is 7.15. The molecule has 2 heterocycles. The largest absolute Gasteiger partial charge is 0.352 e. The number of nitrogens with one attached hydrogen (secondary N) is 1. The molecule has 1 fully saturated rings. The molecule has 1 atom stereocenters. The summed E-state index contributed by atoms with van der Waals surface area (Å²) in [7, 11) is 0. The van der Waals surface area contributed by atoms with Crippen LogP contribution >= 0.6 is 11.3 Å². The van der Waals surface area contributed by atoms with E-state index in [4.69, 9.17) is 4.98 Å². The summed E-state index contributed by atoms with van der Waals surface area (Å²) in [6.07, 6.45) is 2.02. The van der Waals surface area contributed by atoms with Crippen LogP contribution in [0.25, 0.3) is 0 Å². The summed E-state index contributed by atoms with van der Waals surface area (Å²) in [4.78, 5) is 34.0. The Balaban J connectivity index is 1.35. The number of thiazole rings is 1. The molecule has 1 saturated heterocycles. The Bertz CT molecular complexity index is 956. The van der Waals surface area contributed by atoms with Crippen molar-refractivity contribution in [2.75, 3.05) is 31.1 Å². The van der Waals surface area contributed by atoms with E-state index >= 15 is 0 Å². The zero-order chi connectivity index (χ0) is 21.3. The molecule has 6 nitrogen and oxygen atoms in total. The van der Waals surface area contributed by atoms with Crippen molar-refractivity contribution in [3.8, 4) is 0 Å². The van der Waals surface area contributed by atoms with Crippen molar-refractivity contribution in [3.63, 3.8) is 0 Å². The monoisotopic (exact) mass is 434 g/mol. The molecule has 0 bridgehead atoms. The van der Waals surface area contributed by atoms with Crippen LogP contribution in [0.1, 0.15) is 29.5 Å². The highest BCUT2D eigenvalue weighted by atomic mass is 32.1. The van der Waals surface area contributed by atoms with Gasteiger partial charge in [0.1, 0.15) is 11.6 Å². The van der Waals surface area contributed by atoms with Crippen LogP contribution in [0.3, 0.4) is 0 Å². The van der Waals surface area contributed by atoms with Gasteiger partial charge in [-0.2, -0.15) is 0 Å². The van der Waals surface area contributed by atoms with Gasteiger partial charge in [0.25, 0.3) is 0 Å². The average molecular weight is 435 g/mol. The van der Waals surface area contributed by atoms with Gasteiger partial charge >= 0.3 is 0 Å². The summed E-state index contributed by atoms with van der Waals surface area (Å²) < 4.78 is 27.1. The van der Waals surface area contributed by atoms with Gasteiger partial charge in [-0.1, -0.05) is 0 Å². The summed E-state index contributed by atoms with van der Waals surface area (Å²) in [5.74, 6) is -1.30. The fourth-order valence-corrected chi connectivity index (χ4v) is 5.18. The summed E-state index contributed by atoms with van der Waals surface area (Å²) in [6, 6.07) is 3.24. The number of halogens is 2.